The van der Waals surface area contributed by atoms with Crippen LogP contribution >= 0.6 is 0 Å². The van der Waals surface area contributed by atoms with Crippen LogP contribution in [0.5, 0.6) is 5.75 Å². The van der Waals surface area contributed by atoms with Crippen molar-refractivity contribution in [2.75, 3.05) is 39.1 Å². The summed E-state index contributed by atoms with van der Waals surface area (Å²) in [5.41, 5.74) is 0.377. The number of rotatable bonds is 5. The van der Waals surface area contributed by atoms with E-state index in [1.54, 1.807) is 13.2 Å². The molecule has 2 amide bonds. The smallest absolute Gasteiger partial charge is 0.238 e. The molecule has 1 aromatic carbocycles. The summed E-state index contributed by atoms with van der Waals surface area (Å²) in [6, 6.07) is 7.59. The zero-order chi connectivity index (χ0) is 19.3. The predicted molar refractivity (Wildman–Crippen MR) is 103 cm³/mol. The summed E-state index contributed by atoms with van der Waals surface area (Å²) in [6.45, 7) is 7.84. The van der Waals surface area contributed by atoms with E-state index in [1.165, 1.54) is 0 Å². The number of piperidine rings is 1. The van der Waals surface area contributed by atoms with Crippen LogP contribution in [0.15, 0.2) is 24.3 Å². The molecule has 0 radical (unpaired) electrons. The summed E-state index contributed by atoms with van der Waals surface area (Å²) in [5.74, 6) is 0.859. The Morgan fingerprint density at radius 3 is 2.50 bits per heavy atom. The molecule has 0 aliphatic carbocycles. The first kappa shape index (κ1) is 20.2. The Balaban J connectivity index is 1.81. The lowest BCUT2D eigenvalue weighted by atomic mass is 9.92. The Morgan fingerprint density at radius 2 is 1.92 bits per heavy atom. The number of hydrogen-bond donors (Lipinski definition) is 1. The van der Waals surface area contributed by atoms with Gasteiger partial charge in [0.15, 0.2) is 0 Å². The summed E-state index contributed by atoms with van der Waals surface area (Å²) < 4.78 is 5.17. The number of hydrogen-bond acceptors (Lipinski definition) is 4. The first-order valence-electron chi connectivity index (χ1n) is 9.14. The first-order chi connectivity index (χ1) is 12.2. The SMILES string of the molecule is COc1cccc(NC(=O)CN2CCC(N(C)C(=O)C(C)(C)C)CC2)c1. The highest BCUT2D eigenvalue weighted by atomic mass is 16.5. The molecule has 0 aromatic heterocycles. The molecule has 0 unspecified atom stereocenters. The summed E-state index contributed by atoms with van der Waals surface area (Å²) in [7, 11) is 3.50. The molecule has 1 fully saturated rings. The summed E-state index contributed by atoms with van der Waals surface area (Å²) in [5, 5.41) is 2.91. The molecule has 2 rings (SSSR count). The molecule has 1 heterocycles. The fraction of sp³-hybridized carbons (Fsp3) is 0.600. The number of anilines is 1. The molecule has 1 aromatic rings. The minimum absolute atomic E-state index is 0.0316. The van der Waals surface area contributed by atoms with Gasteiger partial charge < -0.3 is 15.0 Å². The molecule has 6 nitrogen and oxygen atoms in total. The second-order valence-corrected chi connectivity index (χ2v) is 7.95. The molecule has 1 saturated heterocycles. The average molecular weight is 361 g/mol. The Labute approximate surface area is 156 Å². The lowest BCUT2D eigenvalue weighted by Crippen LogP contribution is -2.49. The maximum absolute atomic E-state index is 12.4. The molecular formula is C20H31N3O3. The highest BCUT2D eigenvalue weighted by Crippen LogP contribution is 2.23. The highest BCUT2D eigenvalue weighted by molar-refractivity contribution is 5.92. The van der Waals surface area contributed by atoms with Crippen molar-refractivity contribution < 1.29 is 14.3 Å². The van der Waals surface area contributed by atoms with Crippen molar-refractivity contribution in [3.8, 4) is 5.75 Å². The van der Waals surface area contributed by atoms with E-state index in [-0.39, 0.29) is 23.3 Å². The lowest BCUT2D eigenvalue weighted by molar-refractivity contribution is -0.141. The number of carbonyl (C=O) groups is 2. The summed E-state index contributed by atoms with van der Waals surface area (Å²) in [4.78, 5) is 28.7. The molecule has 6 heteroatoms. The Hall–Kier alpha value is -2.08. The van der Waals surface area contributed by atoms with E-state index < -0.39 is 0 Å². The molecular weight excluding hydrogens is 330 g/mol. The van der Waals surface area contributed by atoms with Crippen molar-refractivity contribution in [3.05, 3.63) is 24.3 Å². The van der Waals surface area contributed by atoms with Crippen LogP contribution in [0.3, 0.4) is 0 Å². The van der Waals surface area contributed by atoms with E-state index in [0.717, 1.165) is 37.4 Å². The van der Waals surface area contributed by atoms with Gasteiger partial charge in [-0.2, -0.15) is 0 Å². The van der Waals surface area contributed by atoms with Crippen LogP contribution < -0.4 is 10.1 Å². The van der Waals surface area contributed by atoms with Crippen molar-refractivity contribution in [1.29, 1.82) is 0 Å². The van der Waals surface area contributed by atoms with Crippen molar-refractivity contribution in [2.45, 2.75) is 39.7 Å². The van der Waals surface area contributed by atoms with Crippen LogP contribution in [0.25, 0.3) is 0 Å². The maximum atomic E-state index is 12.4. The van der Waals surface area contributed by atoms with Crippen LogP contribution in [0.1, 0.15) is 33.6 Å². The molecule has 1 aliphatic heterocycles. The number of nitrogens with zero attached hydrogens (tertiary/aromatic N) is 2. The van der Waals surface area contributed by atoms with Crippen LogP contribution in [0.2, 0.25) is 0 Å². The van der Waals surface area contributed by atoms with Gasteiger partial charge in [0.2, 0.25) is 11.8 Å². The third kappa shape index (κ3) is 5.46. The van der Waals surface area contributed by atoms with Gasteiger partial charge in [-0.05, 0) is 25.0 Å². The largest absolute Gasteiger partial charge is 0.497 e. The number of methoxy groups -OCH3 is 1. The zero-order valence-corrected chi connectivity index (χ0v) is 16.5. The van der Waals surface area contributed by atoms with E-state index >= 15 is 0 Å². The van der Waals surface area contributed by atoms with Gasteiger partial charge in [-0.25, -0.2) is 0 Å². The van der Waals surface area contributed by atoms with Crippen molar-refractivity contribution in [1.82, 2.24) is 9.80 Å². The fourth-order valence-corrected chi connectivity index (χ4v) is 3.26. The number of amides is 2. The second kappa shape index (κ2) is 8.54. The second-order valence-electron chi connectivity index (χ2n) is 7.95. The van der Waals surface area contributed by atoms with E-state index in [2.05, 4.69) is 10.2 Å². The molecule has 0 saturated carbocycles. The quantitative estimate of drug-likeness (QED) is 0.876. The van der Waals surface area contributed by atoms with Gasteiger partial charge in [0.05, 0.1) is 13.7 Å². The molecule has 1 N–H and O–H groups in total. The van der Waals surface area contributed by atoms with Crippen LogP contribution in [0.4, 0.5) is 5.69 Å². The summed E-state index contributed by atoms with van der Waals surface area (Å²) in [6.07, 6.45) is 1.79. The van der Waals surface area contributed by atoms with Crippen LogP contribution in [0, 0.1) is 5.41 Å². The Morgan fingerprint density at radius 1 is 1.27 bits per heavy atom. The zero-order valence-electron chi connectivity index (χ0n) is 16.5. The number of nitrogens with one attached hydrogen (secondary N) is 1. The van der Waals surface area contributed by atoms with E-state index in [4.69, 9.17) is 4.74 Å². The van der Waals surface area contributed by atoms with E-state index in [1.807, 2.05) is 50.9 Å². The monoisotopic (exact) mass is 361 g/mol. The number of benzene rings is 1. The molecule has 0 atom stereocenters. The van der Waals surface area contributed by atoms with Gasteiger partial charge in [-0.3, -0.25) is 14.5 Å². The highest BCUT2D eigenvalue weighted by Gasteiger charge is 2.31. The molecule has 0 spiro atoms. The van der Waals surface area contributed by atoms with Gasteiger partial charge in [-0.15, -0.1) is 0 Å². The number of ether oxygens (including phenoxy) is 1. The minimum Gasteiger partial charge on any atom is -0.497 e. The average Bonchev–Trinajstić information content (AvgIpc) is 2.60. The fourth-order valence-electron chi connectivity index (χ4n) is 3.26. The van der Waals surface area contributed by atoms with Crippen molar-refractivity contribution in [2.24, 2.45) is 5.41 Å². The van der Waals surface area contributed by atoms with Crippen LogP contribution in [-0.4, -0.2) is 61.4 Å². The molecule has 0 bridgehead atoms. The minimum atomic E-state index is -0.359. The molecule has 26 heavy (non-hydrogen) atoms. The Bertz CT molecular complexity index is 631. The lowest BCUT2D eigenvalue weighted by Gasteiger charge is -2.38. The van der Waals surface area contributed by atoms with Gasteiger partial charge >= 0.3 is 0 Å². The van der Waals surface area contributed by atoms with Gasteiger partial charge in [-0.1, -0.05) is 26.8 Å². The summed E-state index contributed by atoms with van der Waals surface area (Å²) >= 11 is 0. The van der Waals surface area contributed by atoms with E-state index in [0.29, 0.717) is 6.54 Å². The van der Waals surface area contributed by atoms with Crippen molar-refractivity contribution in [3.63, 3.8) is 0 Å². The normalized spacial score (nSPS) is 16.2. The van der Waals surface area contributed by atoms with Crippen molar-refractivity contribution >= 4 is 17.5 Å². The van der Waals surface area contributed by atoms with Gasteiger partial charge in [0, 0.05) is 43.3 Å². The van der Waals surface area contributed by atoms with Gasteiger partial charge in [0.25, 0.3) is 0 Å². The van der Waals surface area contributed by atoms with Gasteiger partial charge in [0.1, 0.15) is 5.75 Å². The standard InChI is InChI=1S/C20H31N3O3/c1-20(2,3)19(25)22(4)16-9-11-23(12-10-16)14-18(24)21-15-7-6-8-17(13-15)26-5/h6-8,13,16H,9-12,14H2,1-5H3,(H,21,24). The predicted octanol–water partition coefficient (Wildman–Crippen LogP) is 2.60. The number of likely N-dealkylation sites (tertiary alicyclic amines) is 1. The van der Waals surface area contributed by atoms with E-state index in [9.17, 15) is 9.59 Å². The third-order valence-electron chi connectivity index (χ3n) is 4.79. The molecule has 1 aliphatic rings. The topological polar surface area (TPSA) is 61.9 Å². The van der Waals surface area contributed by atoms with Crippen LogP contribution in [-0.2, 0) is 9.59 Å². The third-order valence-corrected chi connectivity index (χ3v) is 4.79. The first-order valence-corrected chi connectivity index (χ1v) is 9.14. The Kier molecular flexibility index (Phi) is 6.64. The maximum Gasteiger partial charge on any atom is 0.238 e. The molecule has 144 valence electrons. The number of carbonyl (C=O) groups excluding carboxylic acids is 2.